The van der Waals surface area contributed by atoms with Gasteiger partial charge < -0.3 is 15.1 Å². The van der Waals surface area contributed by atoms with E-state index >= 15 is 0 Å². The van der Waals surface area contributed by atoms with Gasteiger partial charge in [0.2, 0.25) is 12.3 Å². The first-order chi connectivity index (χ1) is 10.0. The van der Waals surface area contributed by atoms with Gasteiger partial charge in [-0.25, -0.2) is 0 Å². The Bertz CT molecular complexity index is 536. The van der Waals surface area contributed by atoms with Crippen LogP contribution < -0.4 is 15.1 Å². The first kappa shape index (κ1) is 15.8. The summed E-state index contributed by atoms with van der Waals surface area (Å²) >= 11 is 3.42. The summed E-state index contributed by atoms with van der Waals surface area (Å²) in [6.07, 6.45) is 3.62. The maximum atomic E-state index is 12.2. The van der Waals surface area contributed by atoms with Crippen molar-refractivity contribution in [3.8, 4) is 0 Å². The van der Waals surface area contributed by atoms with Gasteiger partial charge in [-0.2, -0.15) is 0 Å². The van der Waals surface area contributed by atoms with Gasteiger partial charge in [0, 0.05) is 25.1 Å². The minimum Gasteiger partial charge on any atom is -0.361 e. The lowest BCUT2D eigenvalue weighted by molar-refractivity contribution is -0.122. The number of carbonyl (C=O) groups excluding carboxylic acids is 2. The van der Waals surface area contributed by atoms with Crippen LogP contribution in [-0.2, 0) is 9.59 Å². The zero-order valence-electron chi connectivity index (χ0n) is 12.3. The van der Waals surface area contributed by atoms with Crippen molar-refractivity contribution >= 4 is 39.6 Å². The third-order valence-electron chi connectivity index (χ3n) is 3.83. The molecule has 1 atom stereocenters. The molecule has 1 aliphatic heterocycles. The quantitative estimate of drug-likeness (QED) is 0.843. The fourth-order valence-corrected chi connectivity index (χ4v) is 2.94. The molecule has 1 N–H and O–H groups in total. The van der Waals surface area contributed by atoms with Crippen LogP contribution in [0.25, 0.3) is 0 Å². The van der Waals surface area contributed by atoms with Crippen LogP contribution in [0.1, 0.15) is 19.3 Å². The summed E-state index contributed by atoms with van der Waals surface area (Å²) in [6, 6.07) is 5.53. The molecular weight excluding hydrogens is 334 g/mol. The van der Waals surface area contributed by atoms with Crippen molar-refractivity contribution < 1.29 is 9.59 Å². The molecule has 1 saturated heterocycles. The van der Waals surface area contributed by atoms with Crippen molar-refractivity contribution in [1.29, 1.82) is 0 Å². The molecule has 6 heteroatoms. The number of rotatable bonds is 4. The number of nitrogens with zero attached hydrogens (tertiary/aromatic N) is 2. The highest BCUT2D eigenvalue weighted by Crippen LogP contribution is 2.32. The highest BCUT2D eigenvalue weighted by atomic mass is 79.9. The SMILES string of the molecule is CN(C=O)c1cc(Br)ccc1N(C)C1CCCCNC1=O. The average molecular weight is 354 g/mol. The molecule has 0 spiro atoms. The van der Waals surface area contributed by atoms with Crippen molar-refractivity contribution in [3.63, 3.8) is 0 Å². The highest BCUT2D eigenvalue weighted by Gasteiger charge is 2.26. The molecule has 0 aromatic heterocycles. The lowest BCUT2D eigenvalue weighted by Gasteiger charge is -2.31. The Kier molecular flexibility index (Phi) is 5.22. The van der Waals surface area contributed by atoms with E-state index in [2.05, 4.69) is 21.2 Å². The summed E-state index contributed by atoms with van der Waals surface area (Å²) in [5.74, 6) is 0.0534. The maximum Gasteiger partial charge on any atom is 0.242 e. The molecule has 1 unspecified atom stereocenters. The molecular formula is C15H20BrN3O2. The fourth-order valence-electron chi connectivity index (χ4n) is 2.59. The number of amides is 2. The van der Waals surface area contributed by atoms with Gasteiger partial charge in [-0.1, -0.05) is 15.9 Å². The van der Waals surface area contributed by atoms with Crippen LogP contribution in [0.5, 0.6) is 0 Å². The van der Waals surface area contributed by atoms with Gasteiger partial charge in [0.15, 0.2) is 0 Å². The van der Waals surface area contributed by atoms with E-state index in [0.717, 1.165) is 48.1 Å². The second kappa shape index (κ2) is 6.93. The van der Waals surface area contributed by atoms with E-state index in [-0.39, 0.29) is 11.9 Å². The van der Waals surface area contributed by atoms with E-state index in [1.54, 1.807) is 7.05 Å². The molecule has 1 aromatic carbocycles. The average Bonchev–Trinajstić information content (AvgIpc) is 2.70. The topological polar surface area (TPSA) is 52.7 Å². The van der Waals surface area contributed by atoms with Crippen molar-refractivity contribution in [2.75, 3.05) is 30.4 Å². The number of hydrogen-bond acceptors (Lipinski definition) is 3. The molecule has 21 heavy (non-hydrogen) atoms. The second-order valence-corrected chi connectivity index (χ2v) is 6.18. The van der Waals surface area contributed by atoms with Gasteiger partial charge in [0.1, 0.15) is 6.04 Å². The molecule has 5 nitrogen and oxygen atoms in total. The van der Waals surface area contributed by atoms with Crippen LogP contribution in [0.2, 0.25) is 0 Å². The third-order valence-corrected chi connectivity index (χ3v) is 4.32. The number of likely N-dealkylation sites (N-methyl/N-ethyl adjacent to an activating group) is 1. The van der Waals surface area contributed by atoms with Crippen LogP contribution in [0.3, 0.4) is 0 Å². The summed E-state index contributed by atoms with van der Waals surface area (Å²) in [6.45, 7) is 0.741. The molecule has 0 aliphatic carbocycles. The normalized spacial score (nSPS) is 18.6. The number of benzene rings is 1. The summed E-state index contributed by atoms with van der Waals surface area (Å²) < 4.78 is 0.897. The van der Waals surface area contributed by atoms with E-state index in [1.807, 2.05) is 30.1 Å². The van der Waals surface area contributed by atoms with Crippen LogP contribution in [0.15, 0.2) is 22.7 Å². The molecule has 0 bridgehead atoms. The van der Waals surface area contributed by atoms with Gasteiger partial charge in [-0.3, -0.25) is 9.59 Å². The first-order valence-corrected chi connectivity index (χ1v) is 7.82. The Morgan fingerprint density at radius 3 is 2.76 bits per heavy atom. The molecule has 1 aromatic rings. The molecule has 2 amide bonds. The van der Waals surface area contributed by atoms with Gasteiger partial charge >= 0.3 is 0 Å². The Morgan fingerprint density at radius 2 is 2.05 bits per heavy atom. The fraction of sp³-hybridized carbons (Fsp3) is 0.467. The molecule has 2 rings (SSSR count). The molecule has 1 aliphatic rings. The van der Waals surface area contributed by atoms with Gasteiger partial charge in [-0.05, 0) is 37.5 Å². The third kappa shape index (κ3) is 3.56. The van der Waals surface area contributed by atoms with E-state index in [1.165, 1.54) is 4.90 Å². The van der Waals surface area contributed by atoms with Crippen LogP contribution >= 0.6 is 15.9 Å². The maximum absolute atomic E-state index is 12.2. The highest BCUT2D eigenvalue weighted by molar-refractivity contribution is 9.10. The Balaban J connectivity index is 2.35. The minimum absolute atomic E-state index is 0.0534. The largest absolute Gasteiger partial charge is 0.361 e. The lowest BCUT2D eigenvalue weighted by Crippen LogP contribution is -2.44. The standard InChI is InChI=1S/C15H20BrN3O2/c1-18(10-20)14-9-11(16)6-7-12(14)19(2)13-5-3-4-8-17-15(13)21/h6-7,9-10,13H,3-5,8H2,1-2H3,(H,17,21). The van der Waals surface area contributed by atoms with Crippen molar-refractivity contribution in [2.45, 2.75) is 25.3 Å². The van der Waals surface area contributed by atoms with E-state index in [4.69, 9.17) is 0 Å². The number of anilines is 2. The monoisotopic (exact) mass is 353 g/mol. The molecule has 1 heterocycles. The number of nitrogens with one attached hydrogen (secondary N) is 1. The molecule has 114 valence electrons. The van der Waals surface area contributed by atoms with Crippen LogP contribution in [0, 0.1) is 0 Å². The Hall–Kier alpha value is -1.56. The summed E-state index contributed by atoms with van der Waals surface area (Å²) in [5.41, 5.74) is 1.65. The predicted octanol–water partition coefficient (Wildman–Crippen LogP) is 2.15. The van der Waals surface area contributed by atoms with Crippen LogP contribution in [-0.4, -0.2) is 39.0 Å². The lowest BCUT2D eigenvalue weighted by atomic mass is 10.1. The van der Waals surface area contributed by atoms with Crippen molar-refractivity contribution in [3.05, 3.63) is 22.7 Å². The van der Waals surface area contributed by atoms with Crippen molar-refractivity contribution in [1.82, 2.24) is 5.32 Å². The summed E-state index contributed by atoms with van der Waals surface area (Å²) in [7, 11) is 3.61. The molecule has 0 saturated carbocycles. The minimum atomic E-state index is -0.201. The van der Waals surface area contributed by atoms with Crippen molar-refractivity contribution in [2.24, 2.45) is 0 Å². The first-order valence-electron chi connectivity index (χ1n) is 7.03. The van der Waals surface area contributed by atoms with Crippen LogP contribution in [0.4, 0.5) is 11.4 Å². The zero-order chi connectivity index (χ0) is 15.4. The van der Waals surface area contributed by atoms with E-state index in [9.17, 15) is 9.59 Å². The number of hydrogen-bond donors (Lipinski definition) is 1. The van der Waals surface area contributed by atoms with E-state index in [0.29, 0.717) is 0 Å². The zero-order valence-corrected chi connectivity index (χ0v) is 13.9. The smallest absolute Gasteiger partial charge is 0.242 e. The number of halogens is 1. The Labute approximate surface area is 133 Å². The Morgan fingerprint density at radius 1 is 1.29 bits per heavy atom. The van der Waals surface area contributed by atoms with E-state index < -0.39 is 0 Å². The second-order valence-electron chi connectivity index (χ2n) is 5.26. The predicted molar refractivity (Wildman–Crippen MR) is 87.7 cm³/mol. The number of carbonyl (C=O) groups is 2. The van der Waals surface area contributed by atoms with Gasteiger partial charge in [0.25, 0.3) is 0 Å². The van der Waals surface area contributed by atoms with Gasteiger partial charge in [-0.15, -0.1) is 0 Å². The summed E-state index contributed by atoms with van der Waals surface area (Å²) in [5, 5.41) is 2.95. The molecule has 0 radical (unpaired) electrons. The summed E-state index contributed by atoms with van der Waals surface area (Å²) in [4.78, 5) is 26.8. The van der Waals surface area contributed by atoms with Gasteiger partial charge in [0.05, 0.1) is 11.4 Å². The molecule has 1 fully saturated rings.